The van der Waals surface area contributed by atoms with Crippen LogP contribution < -0.4 is 5.73 Å². The van der Waals surface area contributed by atoms with Gasteiger partial charge in [0, 0.05) is 11.8 Å². The number of carbonyl (C=O) groups excluding carboxylic acids is 1. The average Bonchev–Trinajstić information content (AvgIpc) is 2.78. The number of nitrogens with two attached hydrogens (primary N) is 1. The molecule has 4 nitrogen and oxygen atoms in total. The van der Waals surface area contributed by atoms with E-state index in [-0.39, 0.29) is 11.9 Å². The topological polar surface area (TPSA) is 60.9 Å². The minimum atomic E-state index is -0.360. The minimum absolute atomic E-state index is 0.330. The molecule has 1 heterocycles. The summed E-state index contributed by atoms with van der Waals surface area (Å²) in [6.07, 6.45) is 3.51. The van der Waals surface area contributed by atoms with Crippen molar-refractivity contribution in [1.29, 1.82) is 0 Å². The lowest BCUT2D eigenvalue weighted by Gasteiger charge is -2.12. The van der Waals surface area contributed by atoms with Gasteiger partial charge in [0.15, 0.2) is 0 Å². The summed E-state index contributed by atoms with van der Waals surface area (Å²) in [5.74, 6) is -0.330. The quantitative estimate of drug-likeness (QED) is 0.895. The SMILES string of the molecule is CCCC(C(N)=O)n1cc(C)c(-c2ccccc2)n1. The van der Waals surface area contributed by atoms with Crippen LogP contribution in [0.5, 0.6) is 0 Å². The molecule has 19 heavy (non-hydrogen) atoms. The molecule has 1 aromatic heterocycles. The predicted molar refractivity (Wildman–Crippen MR) is 75.5 cm³/mol. The van der Waals surface area contributed by atoms with Gasteiger partial charge in [-0.2, -0.15) is 5.10 Å². The standard InChI is InChI=1S/C15H19N3O/c1-3-7-13(15(16)19)18-10-11(2)14(17-18)12-8-5-4-6-9-12/h4-6,8-10,13H,3,7H2,1-2H3,(H2,16,19). The third-order valence-electron chi connectivity index (χ3n) is 3.17. The number of benzene rings is 1. The molecule has 2 aromatic rings. The van der Waals surface area contributed by atoms with Crippen molar-refractivity contribution >= 4 is 5.91 Å². The summed E-state index contributed by atoms with van der Waals surface area (Å²) in [6.45, 7) is 4.03. The van der Waals surface area contributed by atoms with Gasteiger partial charge in [0.25, 0.3) is 0 Å². The monoisotopic (exact) mass is 257 g/mol. The summed E-state index contributed by atoms with van der Waals surface area (Å²) in [6, 6.07) is 9.59. The average molecular weight is 257 g/mol. The summed E-state index contributed by atoms with van der Waals surface area (Å²) in [4.78, 5) is 11.5. The number of primary amides is 1. The molecule has 2 rings (SSSR count). The van der Waals surface area contributed by atoms with Crippen molar-refractivity contribution < 1.29 is 4.79 Å². The van der Waals surface area contributed by atoms with Gasteiger partial charge in [-0.25, -0.2) is 0 Å². The Labute approximate surface area is 113 Å². The molecule has 1 aromatic carbocycles. The van der Waals surface area contributed by atoms with Crippen molar-refractivity contribution in [1.82, 2.24) is 9.78 Å². The van der Waals surface area contributed by atoms with E-state index in [0.717, 1.165) is 23.2 Å². The van der Waals surface area contributed by atoms with E-state index in [9.17, 15) is 4.79 Å². The largest absolute Gasteiger partial charge is 0.368 e. The first-order valence-corrected chi connectivity index (χ1v) is 6.54. The fourth-order valence-electron chi connectivity index (χ4n) is 2.20. The summed E-state index contributed by atoms with van der Waals surface area (Å²) in [7, 11) is 0. The van der Waals surface area contributed by atoms with Gasteiger partial charge in [0.05, 0.1) is 5.69 Å². The number of nitrogens with zero attached hydrogens (tertiary/aromatic N) is 2. The Bertz CT molecular complexity index is 560. The van der Waals surface area contributed by atoms with Gasteiger partial charge in [0.2, 0.25) is 5.91 Å². The smallest absolute Gasteiger partial charge is 0.242 e. The number of amides is 1. The van der Waals surface area contributed by atoms with Gasteiger partial charge in [-0.05, 0) is 18.9 Å². The molecule has 100 valence electrons. The summed E-state index contributed by atoms with van der Waals surface area (Å²) in [5.41, 5.74) is 8.46. The zero-order valence-electron chi connectivity index (χ0n) is 11.3. The lowest BCUT2D eigenvalue weighted by Crippen LogP contribution is -2.26. The van der Waals surface area contributed by atoms with E-state index >= 15 is 0 Å². The van der Waals surface area contributed by atoms with Crippen LogP contribution in [-0.2, 0) is 4.79 Å². The van der Waals surface area contributed by atoms with Crippen molar-refractivity contribution in [3.8, 4) is 11.3 Å². The first kappa shape index (κ1) is 13.3. The molecule has 0 bridgehead atoms. The van der Waals surface area contributed by atoms with Crippen LogP contribution in [0.25, 0.3) is 11.3 Å². The third-order valence-corrected chi connectivity index (χ3v) is 3.17. The number of hydrogen-bond acceptors (Lipinski definition) is 2. The van der Waals surface area contributed by atoms with Crippen LogP contribution in [0.3, 0.4) is 0 Å². The molecule has 0 radical (unpaired) electrons. The molecule has 0 saturated carbocycles. The first-order valence-electron chi connectivity index (χ1n) is 6.54. The van der Waals surface area contributed by atoms with Crippen LogP contribution in [0.1, 0.15) is 31.4 Å². The normalized spacial score (nSPS) is 12.3. The molecule has 0 fully saturated rings. The van der Waals surface area contributed by atoms with E-state index in [1.54, 1.807) is 4.68 Å². The van der Waals surface area contributed by atoms with E-state index in [1.165, 1.54) is 0 Å². The summed E-state index contributed by atoms with van der Waals surface area (Å²) >= 11 is 0. The van der Waals surface area contributed by atoms with Gasteiger partial charge in [-0.1, -0.05) is 43.7 Å². The second-order valence-electron chi connectivity index (χ2n) is 4.71. The van der Waals surface area contributed by atoms with E-state index in [4.69, 9.17) is 5.73 Å². The van der Waals surface area contributed by atoms with Gasteiger partial charge >= 0.3 is 0 Å². The molecule has 1 amide bonds. The fraction of sp³-hybridized carbons (Fsp3) is 0.333. The second kappa shape index (κ2) is 5.69. The van der Waals surface area contributed by atoms with Crippen LogP contribution in [0.2, 0.25) is 0 Å². The van der Waals surface area contributed by atoms with E-state index in [0.29, 0.717) is 6.42 Å². The molecule has 1 unspecified atom stereocenters. The number of carbonyl (C=O) groups is 1. The number of hydrogen-bond donors (Lipinski definition) is 1. The minimum Gasteiger partial charge on any atom is -0.368 e. The van der Waals surface area contributed by atoms with Crippen molar-refractivity contribution in [3.63, 3.8) is 0 Å². The number of aromatic nitrogens is 2. The Morgan fingerprint density at radius 1 is 1.37 bits per heavy atom. The first-order chi connectivity index (χ1) is 9.13. The molecule has 0 saturated heterocycles. The van der Waals surface area contributed by atoms with Crippen LogP contribution in [0.15, 0.2) is 36.5 Å². The Morgan fingerprint density at radius 2 is 2.05 bits per heavy atom. The van der Waals surface area contributed by atoms with Crippen LogP contribution in [0.4, 0.5) is 0 Å². The maximum atomic E-state index is 11.5. The Balaban J connectivity index is 2.38. The van der Waals surface area contributed by atoms with Crippen LogP contribution in [-0.4, -0.2) is 15.7 Å². The van der Waals surface area contributed by atoms with E-state index in [2.05, 4.69) is 5.10 Å². The van der Waals surface area contributed by atoms with Gasteiger partial charge < -0.3 is 5.73 Å². The Hall–Kier alpha value is -2.10. The van der Waals surface area contributed by atoms with Crippen molar-refractivity contribution in [2.45, 2.75) is 32.7 Å². The second-order valence-corrected chi connectivity index (χ2v) is 4.71. The van der Waals surface area contributed by atoms with E-state index in [1.807, 2.05) is 50.4 Å². The maximum Gasteiger partial charge on any atom is 0.242 e. The molecular formula is C15H19N3O. The highest BCUT2D eigenvalue weighted by Crippen LogP contribution is 2.23. The lowest BCUT2D eigenvalue weighted by atomic mass is 10.1. The van der Waals surface area contributed by atoms with Gasteiger partial charge in [0.1, 0.15) is 6.04 Å². The molecular weight excluding hydrogens is 238 g/mol. The number of rotatable bonds is 5. The Kier molecular flexibility index (Phi) is 4.00. The lowest BCUT2D eigenvalue weighted by molar-refractivity contribution is -0.121. The molecule has 2 N–H and O–H groups in total. The number of aryl methyl sites for hydroxylation is 1. The zero-order valence-corrected chi connectivity index (χ0v) is 11.3. The highest BCUT2D eigenvalue weighted by molar-refractivity contribution is 5.78. The summed E-state index contributed by atoms with van der Waals surface area (Å²) < 4.78 is 1.70. The van der Waals surface area contributed by atoms with E-state index < -0.39 is 0 Å². The van der Waals surface area contributed by atoms with Crippen molar-refractivity contribution in [2.75, 3.05) is 0 Å². The van der Waals surface area contributed by atoms with Crippen LogP contribution in [0, 0.1) is 6.92 Å². The van der Waals surface area contributed by atoms with Crippen LogP contribution >= 0.6 is 0 Å². The fourth-order valence-corrected chi connectivity index (χ4v) is 2.20. The molecule has 0 aliphatic carbocycles. The molecule has 1 atom stereocenters. The predicted octanol–water partition coefficient (Wildman–Crippen LogP) is 2.69. The molecule has 0 aliphatic rings. The molecule has 4 heteroatoms. The van der Waals surface area contributed by atoms with Crippen molar-refractivity contribution in [3.05, 3.63) is 42.1 Å². The van der Waals surface area contributed by atoms with Gasteiger partial charge in [-0.3, -0.25) is 9.48 Å². The zero-order chi connectivity index (χ0) is 13.8. The molecule has 0 aliphatic heterocycles. The summed E-state index contributed by atoms with van der Waals surface area (Å²) in [5, 5.41) is 4.54. The highest BCUT2D eigenvalue weighted by atomic mass is 16.1. The maximum absolute atomic E-state index is 11.5. The van der Waals surface area contributed by atoms with Crippen molar-refractivity contribution in [2.24, 2.45) is 5.73 Å². The molecule has 0 spiro atoms. The van der Waals surface area contributed by atoms with Gasteiger partial charge in [-0.15, -0.1) is 0 Å². The Morgan fingerprint density at radius 3 is 2.63 bits per heavy atom. The third kappa shape index (κ3) is 2.84. The highest BCUT2D eigenvalue weighted by Gasteiger charge is 2.19.